The molecule has 1 saturated heterocycles. The van der Waals surface area contributed by atoms with Crippen LogP contribution in [0, 0.1) is 5.82 Å². The number of benzene rings is 3. The second-order valence-corrected chi connectivity index (χ2v) is 8.30. The van der Waals surface area contributed by atoms with Crippen LogP contribution in [0.3, 0.4) is 0 Å². The van der Waals surface area contributed by atoms with Crippen LogP contribution in [0.4, 0.5) is 10.1 Å². The number of aliphatic hydroxyl groups is 1. The van der Waals surface area contributed by atoms with Crippen LogP contribution in [-0.2, 0) is 9.59 Å². The Kier molecular flexibility index (Phi) is 6.20. The lowest BCUT2D eigenvalue weighted by molar-refractivity contribution is -0.132. The van der Waals surface area contributed by atoms with E-state index in [9.17, 15) is 19.1 Å². The molecule has 33 heavy (non-hydrogen) atoms. The third-order valence-electron chi connectivity index (χ3n) is 5.23. The Balaban J connectivity index is 1.92. The van der Waals surface area contributed by atoms with Crippen molar-refractivity contribution >= 4 is 34.7 Å². The van der Waals surface area contributed by atoms with Gasteiger partial charge in [-0.15, -0.1) is 0 Å². The number of rotatable bonds is 5. The maximum absolute atomic E-state index is 14.9. The van der Waals surface area contributed by atoms with Crippen molar-refractivity contribution < 1.29 is 23.8 Å². The summed E-state index contributed by atoms with van der Waals surface area (Å²) in [4.78, 5) is 27.4. The molecule has 3 aromatic rings. The predicted octanol–water partition coefficient (Wildman–Crippen LogP) is 5.89. The Labute approximate surface area is 195 Å². The molecule has 1 aliphatic heterocycles. The van der Waals surface area contributed by atoms with Gasteiger partial charge in [0.25, 0.3) is 11.7 Å². The van der Waals surface area contributed by atoms with E-state index in [0.717, 1.165) is 0 Å². The maximum Gasteiger partial charge on any atom is 0.300 e. The standard InChI is InChI=1S/C26H21ClFNO4/c1-15(2)33-19-7-5-6-16(14-19)24(30)22-23(20-8-3-4-9-21(20)28)29(26(32)25(22)31)18-12-10-17(27)11-13-18/h3-15,23,30H,1-2H3/b24-22-. The second-order valence-electron chi connectivity index (χ2n) is 7.86. The maximum atomic E-state index is 14.9. The average molecular weight is 466 g/mol. The summed E-state index contributed by atoms with van der Waals surface area (Å²) < 4.78 is 20.6. The van der Waals surface area contributed by atoms with Crippen LogP contribution in [-0.4, -0.2) is 22.9 Å². The lowest BCUT2D eigenvalue weighted by Gasteiger charge is -2.25. The number of ether oxygens (including phenoxy) is 1. The van der Waals surface area contributed by atoms with E-state index < -0.39 is 29.3 Å². The Morgan fingerprint density at radius 3 is 2.39 bits per heavy atom. The molecule has 1 aliphatic rings. The van der Waals surface area contributed by atoms with Crippen LogP contribution in [0.15, 0.2) is 78.4 Å². The molecule has 1 fully saturated rings. The van der Waals surface area contributed by atoms with E-state index in [2.05, 4.69) is 0 Å². The number of nitrogens with zero attached hydrogens (tertiary/aromatic N) is 1. The number of Topliss-reactive ketones (excluding diaryl/α,β-unsaturated/α-hetero) is 1. The Hall–Kier alpha value is -3.64. The van der Waals surface area contributed by atoms with Crippen LogP contribution in [0.5, 0.6) is 5.75 Å². The number of ketones is 1. The largest absolute Gasteiger partial charge is 0.507 e. The van der Waals surface area contributed by atoms with Crippen molar-refractivity contribution in [1.29, 1.82) is 0 Å². The lowest BCUT2D eigenvalue weighted by Crippen LogP contribution is -2.29. The van der Waals surface area contributed by atoms with Gasteiger partial charge in [-0.3, -0.25) is 14.5 Å². The van der Waals surface area contributed by atoms with Crippen molar-refractivity contribution in [1.82, 2.24) is 0 Å². The van der Waals surface area contributed by atoms with Crippen molar-refractivity contribution in [2.45, 2.75) is 26.0 Å². The highest BCUT2D eigenvalue weighted by molar-refractivity contribution is 6.51. The molecule has 168 valence electrons. The monoisotopic (exact) mass is 465 g/mol. The minimum Gasteiger partial charge on any atom is -0.507 e. The van der Waals surface area contributed by atoms with E-state index >= 15 is 0 Å². The molecular weight excluding hydrogens is 445 g/mol. The molecule has 7 heteroatoms. The number of anilines is 1. The number of aliphatic hydroxyl groups excluding tert-OH is 1. The van der Waals surface area contributed by atoms with Crippen molar-refractivity contribution in [3.63, 3.8) is 0 Å². The summed E-state index contributed by atoms with van der Waals surface area (Å²) in [5, 5.41) is 11.6. The topological polar surface area (TPSA) is 66.8 Å². The van der Waals surface area contributed by atoms with E-state index in [-0.39, 0.29) is 22.8 Å². The fourth-order valence-electron chi connectivity index (χ4n) is 3.84. The smallest absolute Gasteiger partial charge is 0.300 e. The normalized spacial score (nSPS) is 17.6. The van der Waals surface area contributed by atoms with E-state index in [4.69, 9.17) is 16.3 Å². The molecule has 5 nitrogen and oxygen atoms in total. The first-order chi connectivity index (χ1) is 15.8. The zero-order chi connectivity index (χ0) is 23.7. The Morgan fingerprint density at radius 1 is 1.03 bits per heavy atom. The zero-order valence-electron chi connectivity index (χ0n) is 18.0. The third-order valence-corrected chi connectivity index (χ3v) is 5.48. The van der Waals surface area contributed by atoms with Gasteiger partial charge in [0.05, 0.1) is 17.7 Å². The molecule has 0 aliphatic carbocycles. The molecule has 1 amide bonds. The van der Waals surface area contributed by atoms with Gasteiger partial charge < -0.3 is 9.84 Å². The van der Waals surface area contributed by atoms with Crippen LogP contribution in [0.2, 0.25) is 5.02 Å². The number of carbonyl (C=O) groups excluding carboxylic acids is 2. The SMILES string of the molecule is CC(C)Oc1cccc(/C(O)=C2/C(=O)C(=O)N(c3ccc(Cl)cc3)C2c2ccccc2F)c1. The number of hydrogen-bond donors (Lipinski definition) is 1. The predicted molar refractivity (Wildman–Crippen MR) is 125 cm³/mol. The van der Waals surface area contributed by atoms with Crippen molar-refractivity contribution in [3.8, 4) is 5.75 Å². The summed E-state index contributed by atoms with van der Waals surface area (Å²) in [6, 6.07) is 17.5. The molecule has 0 spiro atoms. The Morgan fingerprint density at radius 2 is 1.73 bits per heavy atom. The molecule has 3 aromatic carbocycles. The van der Waals surface area contributed by atoms with Crippen molar-refractivity contribution in [3.05, 3.63) is 100 Å². The first-order valence-electron chi connectivity index (χ1n) is 10.4. The van der Waals surface area contributed by atoms with Crippen LogP contribution in [0.25, 0.3) is 5.76 Å². The highest BCUT2D eigenvalue weighted by atomic mass is 35.5. The van der Waals surface area contributed by atoms with E-state index in [1.165, 1.54) is 23.1 Å². The number of carbonyl (C=O) groups is 2. The second kappa shape index (κ2) is 9.08. The average Bonchev–Trinajstić information content (AvgIpc) is 3.04. The summed E-state index contributed by atoms with van der Waals surface area (Å²) in [5.41, 5.74) is 0.513. The summed E-state index contributed by atoms with van der Waals surface area (Å²) in [6.45, 7) is 3.73. The summed E-state index contributed by atoms with van der Waals surface area (Å²) in [5.74, 6) is -2.31. The van der Waals surface area contributed by atoms with Gasteiger partial charge >= 0.3 is 0 Å². The van der Waals surface area contributed by atoms with Crippen LogP contribution < -0.4 is 9.64 Å². The van der Waals surface area contributed by atoms with Gasteiger partial charge in [0.15, 0.2) is 0 Å². The number of halogens is 2. The van der Waals surface area contributed by atoms with E-state index in [1.807, 2.05) is 13.8 Å². The summed E-state index contributed by atoms with van der Waals surface area (Å²) in [7, 11) is 0. The van der Waals surface area contributed by atoms with Crippen molar-refractivity contribution in [2.24, 2.45) is 0 Å². The third kappa shape index (κ3) is 4.34. The van der Waals surface area contributed by atoms with Gasteiger partial charge in [0.2, 0.25) is 0 Å². The van der Waals surface area contributed by atoms with Crippen LogP contribution >= 0.6 is 11.6 Å². The number of amides is 1. The summed E-state index contributed by atoms with van der Waals surface area (Å²) in [6.07, 6.45) is -0.101. The van der Waals surface area contributed by atoms with Gasteiger partial charge in [0, 0.05) is 21.8 Å². The van der Waals surface area contributed by atoms with Gasteiger partial charge in [-0.25, -0.2) is 4.39 Å². The van der Waals surface area contributed by atoms with Gasteiger partial charge in [0.1, 0.15) is 17.3 Å². The fourth-order valence-corrected chi connectivity index (χ4v) is 3.96. The highest BCUT2D eigenvalue weighted by Crippen LogP contribution is 2.43. The molecule has 1 atom stereocenters. The molecule has 0 radical (unpaired) electrons. The zero-order valence-corrected chi connectivity index (χ0v) is 18.7. The fraction of sp³-hybridized carbons (Fsp3) is 0.154. The molecule has 1 N–H and O–H groups in total. The molecule has 0 saturated carbocycles. The first kappa shape index (κ1) is 22.6. The highest BCUT2D eigenvalue weighted by Gasteiger charge is 2.47. The van der Waals surface area contributed by atoms with E-state index in [1.54, 1.807) is 54.6 Å². The lowest BCUT2D eigenvalue weighted by atomic mass is 9.94. The van der Waals surface area contributed by atoms with Gasteiger partial charge in [-0.05, 0) is 56.3 Å². The molecule has 0 bridgehead atoms. The van der Waals surface area contributed by atoms with Crippen molar-refractivity contribution in [2.75, 3.05) is 4.90 Å². The quantitative estimate of drug-likeness (QED) is 0.290. The molecule has 0 aromatic heterocycles. The van der Waals surface area contributed by atoms with Gasteiger partial charge in [-0.1, -0.05) is 41.9 Å². The van der Waals surface area contributed by atoms with Gasteiger partial charge in [-0.2, -0.15) is 0 Å². The molecule has 4 rings (SSSR count). The van der Waals surface area contributed by atoms with E-state index in [0.29, 0.717) is 16.5 Å². The number of hydrogen-bond acceptors (Lipinski definition) is 4. The summed E-state index contributed by atoms with van der Waals surface area (Å²) >= 11 is 5.98. The minimum atomic E-state index is -1.16. The molecule has 1 unspecified atom stereocenters. The minimum absolute atomic E-state index is 0.0859. The molecule has 1 heterocycles. The molecular formula is C26H21ClFNO4. The van der Waals surface area contributed by atoms with Crippen LogP contribution in [0.1, 0.15) is 31.0 Å². The first-order valence-corrected chi connectivity index (χ1v) is 10.7. The Bertz CT molecular complexity index is 1250.